The maximum Gasteiger partial charge on any atom is 0.251 e. The van der Waals surface area contributed by atoms with Gasteiger partial charge in [0.1, 0.15) is 17.5 Å². The molecule has 0 spiro atoms. The molecular formula is C34H30N6O4S2. The first-order valence-electron chi connectivity index (χ1n) is 15.2. The standard InChI is InChI=1S/C34H30N6O4S2/c1-19(23-12-21-17-35-9-8-22(21)39-23)38-33(43)24-14-34(16-30-36-10-11-45-30)15-29(34)40(24)31(41)18-37-32(42)20-6-7-28-26(13-20)44-25-4-2-3-5-27(25)46-28/h2-13,17,19,24,29,39H,14-16,18H2,1H3,(H,37,42)(H,38,43)/t19?,24-,29-,34+/m0/s1. The third kappa shape index (κ3) is 5.21. The average Bonchev–Trinajstić information content (AvgIpc) is 3.45. The van der Waals surface area contributed by atoms with E-state index in [0.717, 1.165) is 50.0 Å². The Labute approximate surface area is 273 Å². The number of likely N-dealkylation sites (tertiary alicyclic amines) is 1. The molecule has 10 nitrogen and oxygen atoms in total. The van der Waals surface area contributed by atoms with E-state index >= 15 is 0 Å². The van der Waals surface area contributed by atoms with E-state index in [1.165, 1.54) is 0 Å². The smallest absolute Gasteiger partial charge is 0.251 e. The maximum absolute atomic E-state index is 13.8. The average molecular weight is 651 g/mol. The molecule has 3 aromatic heterocycles. The molecule has 1 saturated heterocycles. The van der Waals surface area contributed by atoms with Gasteiger partial charge in [-0.25, -0.2) is 4.98 Å². The normalized spacial score (nSPS) is 21.5. The predicted octanol–water partition coefficient (Wildman–Crippen LogP) is 5.49. The van der Waals surface area contributed by atoms with Gasteiger partial charge in [-0.2, -0.15) is 0 Å². The Kier molecular flexibility index (Phi) is 7.06. The lowest BCUT2D eigenvalue weighted by atomic mass is 9.95. The first-order chi connectivity index (χ1) is 22.4. The number of benzene rings is 2. The van der Waals surface area contributed by atoms with Crippen LogP contribution < -0.4 is 15.4 Å². The van der Waals surface area contributed by atoms with E-state index in [4.69, 9.17) is 4.74 Å². The summed E-state index contributed by atoms with van der Waals surface area (Å²) in [6.07, 6.45) is 7.36. The summed E-state index contributed by atoms with van der Waals surface area (Å²) in [5, 5.41) is 9.83. The Bertz CT molecular complexity index is 1960. The zero-order chi connectivity index (χ0) is 31.4. The van der Waals surface area contributed by atoms with Crippen molar-refractivity contribution in [2.45, 2.75) is 54.1 Å². The summed E-state index contributed by atoms with van der Waals surface area (Å²) in [6, 6.07) is 15.9. The number of rotatable bonds is 8. The second-order valence-corrected chi connectivity index (χ2v) is 14.2. The first-order valence-corrected chi connectivity index (χ1v) is 16.9. The Morgan fingerprint density at radius 2 is 1.96 bits per heavy atom. The fourth-order valence-corrected chi connectivity index (χ4v) is 8.45. The van der Waals surface area contributed by atoms with Crippen LogP contribution in [0.25, 0.3) is 10.9 Å². The number of hydrogen-bond donors (Lipinski definition) is 3. The van der Waals surface area contributed by atoms with Gasteiger partial charge in [0.15, 0.2) is 0 Å². The number of piperidine rings is 1. The predicted molar refractivity (Wildman–Crippen MR) is 174 cm³/mol. The van der Waals surface area contributed by atoms with Crippen molar-refractivity contribution in [1.82, 2.24) is 30.5 Å². The molecule has 8 rings (SSSR count). The molecular weight excluding hydrogens is 621 g/mol. The fraction of sp³-hybridized carbons (Fsp3) is 0.265. The summed E-state index contributed by atoms with van der Waals surface area (Å²) in [5.41, 5.74) is 2.00. The third-order valence-electron chi connectivity index (χ3n) is 9.16. The van der Waals surface area contributed by atoms with Crippen molar-refractivity contribution in [3.05, 3.63) is 94.8 Å². The molecule has 2 aliphatic heterocycles. The molecule has 2 fully saturated rings. The van der Waals surface area contributed by atoms with Crippen LogP contribution in [0.3, 0.4) is 0 Å². The van der Waals surface area contributed by atoms with Crippen molar-refractivity contribution in [3.63, 3.8) is 0 Å². The quantitative estimate of drug-likeness (QED) is 0.199. The zero-order valence-electron chi connectivity index (χ0n) is 24.9. The van der Waals surface area contributed by atoms with Crippen LogP contribution in [0.15, 0.2) is 88.4 Å². The highest BCUT2D eigenvalue weighted by Gasteiger charge is 2.67. The molecule has 5 aromatic rings. The van der Waals surface area contributed by atoms with Gasteiger partial charge in [0.25, 0.3) is 5.91 Å². The number of aromatic nitrogens is 3. The molecule has 0 bridgehead atoms. The molecule has 3 N–H and O–H groups in total. The van der Waals surface area contributed by atoms with Crippen LogP contribution in [0.1, 0.15) is 46.9 Å². The molecule has 1 saturated carbocycles. The number of ether oxygens (including phenoxy) is 1. The minimum atomic E-state index is -0.647. The molecule has 0 radical (unpaired) electrons. The molecule has 232 valence electrons. The number of carbonyl (C=O) groups is 3. The highest BCUT2D eigenvalue weighted by atomic mass is 32.2. The molecule has 12 heteroatoms. The number of fused-ring (bicyclic) bond motifs is 4. The highest BCUT2D eigenvalue weighted by molar-refractivity contribution is 7.99. The van der Waals surface area contributed by atoms with Gasteiger partial charge in [0, 0.05) is 64.0 Å². The summed E-state index contributed by atoms with van der Waals surface area (Å²) < 4.78 is 6.04. The van der Waals surface area contributed by atoms with E-state index in [1.54, 1.807) is 58.7 Å². The van der Waals surface area contributed by atoms with Crippen molar-refractivity contribution in [2.75, 3.05) is 6.54 Å². The van der Waals surface area contributed by atoms with Crippen LogP contribution in [-0.2, 0) is 16.0 Å². The van der Waals surface area contributed by atoms with Gasteiger partial charge in [0.2, 0.25) is 11.8 Å². The molecule has 3 amide bonds. The summed E-state index contributed by atoms with van der Waals surface area (Å²) in [7, 11) is 0. The van der Waals surface area contributed by atoms with Crippen molar-refractivity contribution >= 4 is 51.7 Å². The van der Waals surface area contributed by atoms with Crippen LogP contribution in [0.2, 0.25) is 0 Å². The lowest BCUT2D eigenvalue weighted by Gasteiger charge is -2.28. The fourth-order valence-electron chi connectivity index (χ4n) is 6.74. The number of aromatic amines is 1. The summed E-state index contributed by atoms with van der Waals surface area (Å²) in [6.45, 7) is 1.70. The number of hydrogen-bond acceptors (Lipinski definition) is 8. The molecule has 46 heavy (non-hydrogen) atoms. The summed E-state index contributed by atoms with van der Waals surface area (Å²) in [4.78, 5) is 56.5. The summed E-state index contributed by atoms with van der Waals surface area (Å²) in [5.74, 6) is 0.479. The van der Waals surface area contributed by atoms with Gasteiger partial charge < -0.3 is 25.3 Å². The first kappa shape index (κ1) is 28.8. The van der Waals surface area contributed by atoms with E-state index < -0.39 is 6.04 Å². The minimum absolute atomic E-state index is 0.0831. The second kappa shape index (κ2) is 11.3. The van der Waals surface area contributed by atoms with Gasteiger partial charge in [0.05, 0.1) is 27.4 Å². The monoisotopic (exact) mass is 650 g/mol. The van der Waals surface area contributed by atoms with Gasteiger partial charge in [-0.3, -0.25) is 19.4 Å². The number of thiazole rings is 1. The van der Waals surface area contributed by atoms with Crippen molar-refractivity contribution < 1.29 is 19.1 Å². The van der Waals surface area contributed by atoms with E-state index in [-0.39, 0.29) is 41.8 Å². The van der Waals surface area contributed by atoms with Gasteiger partial charge in [-0.05, 0) is 62.2 Å². The number of H-pyrrole nitrogens is 1. The van der Waals surface area contributed by atoms with Crippen LogP contribution in [0.5, 0.6) is 11.5 Å². The van der Waals surface area contributed by atoms with E-state index in [0.29, 0.717) is 17.7 Å². The number of nitrogens with zero attached hydrogens (tertiary/aromatic N) is 3. The van der Waals surface area contributed by atoms with Gasteiger partial charge in [-0.1, -0.05) is 23.9 Å². The minimum Gasteiger partial charge on any atom is -0.455 e. The van der Waals surface area contributed by atoms with E-state index in [2.05, 4.69) is 25.6 Å². The number of amides is 3. The zero-order valence-corrected chi connectivity index (χ0v) is 26.5. The highest BCUT2D eigenvalue weighted by Crippen LogP contribution is 2.61. The molecule has 4 atom stereocenters. The second-order valence-electron chi connectivity index (χ2n) is 12.1. The van der Waals surface area contributed by atoms with Crippen LogP contribution in [0.4, 0.5) is 0 Å². The number of nitrogens with one attached hydrogen (secondary N) is 3. The third-order valence-corrected chi connectivity index (χ3v) is 11.1. The Morgan fingerprint density at radius 3 is 2.80 bits per heavy atom. The van der Waals surface area contributed by atoms with E-state index in [1.807, 2.05) is 54.8 Å². The molecule has 1 aliphatic carbocycles. The largest absolute Gasteiger partial charge is 0.455 e. The van der Waals surface area contributed by atoms with Gasteiger partial charge >= 0.3 is 0 Å². The topological polar surface area (TPSA) is 129 Å². The lowest BCUT2D eigenvalue weighted by Crippen LogP contribution is -2.51. The van der Waals surface area contributed by atoms with Crippen LogP contribution in [0, 0.1) is 5.41 Å². The number of pyridine rings is 1. The Balaban J connectivity index is 0.970. The SMILES string of the molecule is CC(NC(=O)[C@@H]1C[C@]2(Cc3nccs3)C[C@@H]2N1C(=O)CNC(=O)c1ccc2c(c1)Oc1ccccc1S2)c1cc2cnccc2[nH]1. The van der Waals surface area contributed by atoms with Gasteiger partial charge in [-0.15, -0.1) is 11.3 Å². The summed E-state index contributed by atoms with van der Waals surface area (Å²) >= 11 is 3.17. The Morgan fingerprint density at radius 1 is 1.09 bits per heavy atom. The van der Waals surface area contributed by atoms with E-state index in [9.17, 15) is 14.4 Å². The maximum atomic E-state index is 13.8. The Hall–Kier alpha value is -4.68. The van der Waals surface area contributed by atoms with Crippen molar-refractivity contribution in [3.8, 4) is 11.5 Å². The molecule has 1 unspecified atom stereocenters. The number of carbonyl (C=O) groups excluding carboxylic acids is 3. The van der Waals surface area contributed by atoms with Crippen LogP contribution in [-0.4, -0.2) is 56.2 Å². The number of para-hydroxylation sites is 1. The van der Waals surface area contributed by atoms with Crippen molar-refractivity contribution in [2.24, 2.45) is 5.41 Å². The molecule has 3 aliphatic rings. The van der Waals surface area contributed by atoms with Crippen LogP contribution >= 0.6 is 23.1 Å². The lowest BCUT2D eigenvalue weighted by molar-refractivity contribution is -0.139. The van der Waals surface area contributed by atoms with Crippen molar-refractivity contribution in [1.29, 1.82) is 0 Å². The molecule has 2 aromatic carbocycles. The molecule has 5 heterocycles.